The van der Waals surface area contributed by atoms with E-state index in [1.54, 1.807) is 25.4 Å². The maximum atomic E-state index is 12.8. The standard InChI is InChI=1S/C17H15ClN2O2/c1-10-3-5-11(6-4-10)16-15(21)14(17(19-2)22-16)13-9-12(18)7-8-20-13/h3-9,16,19H,1-2H3/t16-/m0/s1. The molecule has 1 aromatic heterocycles. The number of Topliss-reactive ketones (excluding diaryl/α,β-unsaturated/α-hetero) is 1. The van der Waals surface area contributed by atoms with E-state index in [1.807, 2.05) is 31.2 Å². The highest BCUT2D eigenvalue weighted by Crippen LogP contribution is 2.36. The van der Waals surface area contributed by atoms with Gasteiger partial charge in [-0.25, -0.2) is 0 Å². The van der Waals surface area contributed by atoms with Crippen molar-refractivity contribution < 1.29 is 9.53 Å². The van der Waals surface area contributed by atoms with Gasteiger partial charge in [-0.3, -0.25) is 9.78 Å². The van der Waals surface area contributed by atoms with E-state index < -0.39 is 6.10 Å². The van der Waals surface area contributed by atoms with Crippen LogP contribution in [0.2, 0.25) is 5.02 Å². The van der Waals surface area contributed by atoms with Crippen LogP contribution in [-0.2, 0) is 9.53 Å². The normalized spacial score (nSPS) is 17.6. The summed E-state index contributed by atoms with van der Waals surface area (Å²) in [7, 11) is 1.71. The first-order chi connectivity index (χ1) is 10.6. The number of hydrogen-bond donors (Lipinski definition) is 1. The first-order valence-electron chi connectivity index (χ1n) is 6.91. The van der Waals surface area contributed by atoms with Crippen molar-refractivity contribution in [1.29, 1.82) is 0 Å². The highest BCUT2D eigenvalue weighted by atomic mass is 35.5. The molecule has 1 aliphatic rings. The summed E-state index contributed by atoms with van der Waals surface area (Å²) in [6, 6.07) is 11.1. The number of hydrogen-bond acceptors (Lipinski definition) is 4. The predicted octanol–water partition coefficient (Wildman–Crippen LogP) is 3.27. The monoisotopic (exact) mass is 314 g/mol. The molecule has 112 valence electrons. The van der Waals surface area contributed by atoms with Crippen LogP contribution < -0.4 is 5.32 Å². The van der Waals surface area contributed by atoms with Crippen LogP contribution in [0.5, 0.6) is 0 Å². The van der Waals surface area contributed by atoms with Gasteiger partial charge >= 0.3 is 0 Å². The van der Waals surface area contributed by atoms with E-state index in [1.165, 1.54) is 0 Å². The molecule has 0 spiro atoms. The second-order valence-corrected chi connectivity index (χ2v) is 5.52. The molecule has 0 amide bonds. The van der Waals surface area contributed by atoms with Gasteiger partial charge in [-0.2, -0.15) is 0 Å². The van der Waals surface area contributed by atoms with Crippen LogP contribution in [0.3, 0.4) is 0 Å². The van der Waals surface area contributed by atoms with Crippen molar-refractivity contribution in [2.75, 3.05) is 7.05 Å². The first kappa shape index (κ1) is 14.6. The quantitative estimate of drug-likeness (QED) is 0.944. The molecule has 0 radical (unpaired) electrons. The molecule has 0 bridgehead atoms. The molecule has 1 aromatic carbocycles. The third-order valence-corrected chi connectivity index (χ3v) is 3.77. The Bertz CT molecular complexity index is 754. The fourth-order valence-electron chi connectivity index (χ4n) is 2.40. The molecule has 0 fully saturated rings. The molecular weight excluding hydrogens is 300 g/mol. The number of carbonyl (C=O) groups is 1. The minimum absolute atomic E-state index is 0.122. The number of ether oxygens (including phenoxy) is 1. The van der Waals surface area contributed by atoms with Crippen LogP contribution in [0.4, 0.5) is 0 Å². The molecule has 5 heteroatoms. The summed E-state index contributed by atoms with van der Waals surface area (Å²) in [5.74, 6) is 0.299. The molecule has 2 aromatic rings. The smallest absolute Gasteiger partial charge is 0.215 e. The first-order valence-corrected chi connectivity index (χ1v) is 7.29. The van der Waals surface area contributed by atoms with Gasteiger partial charge in [0.15, 0.2) is 6.10 Å². The van der Waals surface area contributed by atoms with Crippen molar-refractivity contribution in [3.63, 3.8) is 0 Å². The number of aromatic nitrogens is 1. The summed E-state index contributed by atoms with van der Waals surface area (Å²) in [5, 5.41) is 3.45. The topological polar surface area (TPSA) is 51.2 Å². The largest absolute Gasteiger partial charge is 0.462 e. The van der Waals surface area contributed by atoms with Gasteiger partial charge in [0.25, 0.3) is 0 Å². The maximum absolute atomic E-state index is 12.8. The summed E-state index contributed by atoms with van der Waals surface area (Å²) in [6.45, 7) is 2.00. The van der Waals surface area contributed by atoms with Gasteiger partial charge in [0.2, 0.25) is 11.7 Å². The lowest BCUT2D eigenvalue weighted by molar-refractivity contribution is -0.120. The Morgan fingerprint density at radius 2 is 1.95 bits per heavy atom. The maximum Gasteiger partial charge on any atom is 0.215 e. The van der Waals surface area contributed by atoms with Gasteiger partial charge in [0, 0.05) is 23.8 Å². The summed E-state index contributed by atoms with van der Waals surface area (Å²) in [5.41, 5.74) is 2.89. The molecule has 2 heterocycles. The summed E-state index contributed by atoms with van der Waals surface area (Å²) in [6.07, 6.45) is 0.920. The molecule has 1 N–H and O–H groups in total. The Labute approximate surface area is 133 Å². The van der Waals surface area contributed by atoms with E-state index in [2.05, 4.69) is 10.3 Å². The van der Waals surface area contributed by atoms with Crippen molar-refractivity contribution in [2.24, 2.45) is 0 Å². The lowest BCUT2D eigenvalue weighted by Gasteiger charge is -2.11. The lowest BCUT2D eigenvalue weighted by Crippen LogP contribution is -2.10. The van der Waals surface area contributed by atoms with Gasteiger partial charge in [0.1, 0.15) is 5.57 Å². The molecule has 3 rings (SSSR count). The lowest BCUT2D eigenvalue weighted by atomic mass is 9.99. The predicted molar refractivity (Wildman–Crippen MR) is 85.2 cm³/mol. The zero-order chi connectivity index (χ0) is 15.7. The van der Waals surface area contributed by atoms with Crippen molar-refractivity contribution in [2.45, 2.75) is 13.0 Å². The number of aryl methyl sites for hydroxylation is 1. The Morgan fingerprint density at radius 1 is 1.23 bits per heavy atom. The van der Waals surface area contributed by atoms with Crippen LogP contribution in [0.15, 0.2) is 48.5 Å². The van der Waals surface area contributed by atoms with Crippen LogP contribution in [-0.4, -0.2) is 17.8 Å². The van der Waals surface area contributed by atoms with E-state index in [0.717, 1.165) is 11.1 Å². The Hall–Kier alpha value is -2.33. The number of rotatable bonds is 3. The van der Waals surface area contributed by atoms with Crippen molar-refractivity contribution in [3.8, 4) is 0 Å². The number of nitrogens with zero attached hydrogens (tertiary/aromatic N) is 1. The molecular formula is C17H15ClN2O2. The fraction of sp³-hybridized carbons (Fsp3) is 0.176. The Kier molecular flexibility index (Phi) is 3.86. The minimum atomic E-state index is -0.654. The molecule has 1 atom stereocenters. The van der Waals surface area contributed by atoms with E-state index in [-0.39, 0.29) is 5.78 Å². The fourth-order valence-corrected chi connectivity index (χ4v) is 2.56. The second kappa shape index (κ2) is 5.81. The third-order valence-electron chi connectivity index (χ3n) is 3.53. The summed E-state index contributed by atoms with van der Waals surface area (Å²) < 4.78 is 5.79. The average molecular weight is 315 g/mol. The number of ketones is 1. The molecule has 0 saturated heterocycles. The van der Waals surface area contributed by atoms with E-state index in [0.29, 0.717) is 22.2 Å². The Morgan fingerprint density at radius 3 is 2.59 bits per heavy atom. The highest BCUT2D eigenvalue weighted by Gasteiger charge is 2.37. The number of pyridine rings is 1. The van der Waals surface area contributed by atoms with Gasteiger partial charge in [-0.15, -0.1) is 0 Å². The number of benzene rings is 1. The molecule has 0 unspecified atom stereocenters. The zero-order valence-electron chi connectivity index (χ0n) is 12.3. The molecule has 0 aliphatic carbocycles. The number of carbonyl (C=O) groups excluding carboxylic acids is 1. The second-order valence-electron chi connectivity index (χ2n) is 5.09. The average Bonchev–Trinajstić information content (AvgIpc) is 2.85. The van der Waals surface area contributed by atoms with Crippen molar-refractivity contribution in [1.82, 2.24) is 10.3 Å². The van der Waals surface area contributed by atoms with Gasteiger partial charge < -0.3 is 10.1 Å². The SMILES string of the molecule is CNC1=C(c2cc(Cl)ccn2)C(=O)[C@H](c2ccc(C)cc2)O1. The highest BCUT2D eigenvalue weighted by molar-refractivity contribution is 6.31. The number of halogens is 1. The van der Waals surface area contributed by atoms with E-state index >= 15 is 0 Å². The van der Waals surface area contributed by atoms with Crippen LogP contribution in [0, 0.1) is 6.92 Å². The van der Waals surface area contributed by atoms with Crippen LogP contribution >= 0.6 is 11.6 Å². The van der Waals surface area contributed by atoms with Crippen LogP contribution in [0.25, 0.3) is 5.57 Å². The van der Waals surface area contributed by atoms with E-state index in [9.17, 15) is 4.79 Å². The summed E-state index contributed by atoms with van der Waals surface area (Å²) >= 11 is 6.00. The van der Waals surface area contributed by atoms with E-state index in [4.69, 9.17) is 16.3 Å². The van der Waals surface area contributed by atoms with Crippen molar-refractivity contribution >= 4 is 23.0 Å². The van der Waals surface area contributed by atoms with Gasteiger partial charge in [-0.05, 0) is 19.1 Å². The number of nitrogens with one attached hydrogen (secondary N) is 1. The van der Waals surface area contributed by atoms with Crippen LogP contribution in [0.1, 0.15) is 22.9 Å². The zero-order valence-corrected chi connectivity index (χ0v) is 13.0. The summed E-state index contributed by atoms with van der Waals surface area (Å²) in [4.78, 5) is 17.0. The third kappa shape index (κ3) is 2.57. The minimum Gasteiger partial charge on any atom is -0.462 e. The van der Waals surface area contributed by atoms with Crippen molar-refractivity contribution in [3.05, 3.63) is 70.3 Å². The molecule has 22 heavy (non-hydrogen) atoms. The van der Waals surface area contributed by atoms with Gasteiger partial charge in [0.05, 0.1) is 5.69 Å². The molecule has 1 aliphatic heterocycles. The Balaban J connectivity index is 1.99. The molecule has 4 nitrogen and oxygen atoms in total. The molecule has 0 saturated carbocycles. The van der Waals surface area contributed by atoms with Gasteiger partial charge in [-0.1, -0.05) is 41.4 Å².